The molecule has 0 spiro atoms. The molecule has 0 aromatic heterocycles. The Balaban J connectivity index is 2.64. The second-order valence-corrected chi connectivity index (χ2v) is 4.48. The summed E-state index contributed by atoms with van der Waals surface area (Å²) in [6, 6.07) is 5.51. The van der Waals surface area contributed by atoms with E-state index in [0.717, 1.165) is 6.07 Å². The van der Waals surface area contributed by atoms with Crippen molar-refractivity contribution in [1.29, 1.82) is 0 Å². The van der Waals surface area contributed by atoms with Crippen molar-refractivity contribution in [1.82, 2.24) is 0 Å². The Labute approximate surface area is 116 Å². The summed E-state index contributed by atoms with van der Waals surface area (Å²) >= 11 is 11.5. The molecular weight excluding hydrogens is 299 g/mol. The van der Waals surface area contributed by atoms with Gasteiger partial charge in [-0.15, -0.1) is 0 Å². The lowest BCUT2D eigenvalue weighted by Crippen LogP contribution is -1.96. The van der Waals surface area contributed by atoms with Crippen LogP contribution in [0.15, 0.2) is 30.3 Å². The molecule has 0 unspecified atom stereocenters. The fourth-order valence-corrected chi connectivity index (χ4v) is 1.86. The zero-order chi connectivity index (χ0) is 14.2. The lowest BCUT2D eigenvalue weighted by atomic mass is 10.0. The molecule has 0 fully saturated rings. The number of nitro benzene ring substituents is 1. The second-order valence-electron chi connectivity index (χ2n) is 3.67. The Kier molecular flexibility index (Phi) is 3.68. The fourth-order valence-electron chi connectivity index (χ4n) is 1.56. The van der Waals surface area contributed by atoms with Crippen LogP contribution >= 0.6 is 23.2 Å². The summed E-state index contributed by atoms with van der Waals surface area (Å²) in [7, 11) is 0. The summed E-state index contributed by atoms with van der Waals surface area (Å²) < 4.78 is 26.9. The second kappa shape index (κ2) is 5.11. The number of rotatable bonds is 2. The predicted molar refractivity (Wildman–Crippen MR) is 68.5 cm³/mol. The topological polar surface area (TPSA) is 43.1 Å². The van der Waals surface area contributed by atoms with Gasteiger partial charge in [-0.3, -0.25) is 10.1 Å². The molecule has 0 heterocycles. The van der Waals surface area contributed by atoms with E-state index in [1.807, 2.05) is 0 Å². The van der Waals surface area contributed by atoms with Gasteiger partial charge in [0.15, 0.2) is 0 Å². The van der Waals surface area contributed by atoms with E-state index in [0.29, 0.717) is 6.07 Å². The Morgan fingerprint density at radius 2 is 1.68 bits per heavy atom. The summed E-state index contributed by atoms with van der Waals surface area (Å²) in [4.78, 5) is 9.71. The van der Waals surface area contributed by atoms with Crippen molar-refractivity contribution < 1.29 is 13.7 Å². The highest BCUT2D eigenvalue weighted by atomic mass is 35.5. The smallest absolute Gasteiger partial charge is 0.258 e. The molecule has 0 aliphatic carbocycles. The number of benzene rings is 2. The normalized spacial score (nSPS) is 10.5. The largest absolute Gasteiger partial charge is 0.305 e. The van der Waals surface area contributed by atoms with E-state index in [1.54, 1.807) is 0 Å². The summed E-state index contributed by atoms with van der Waals surface area (Å²) in [5.74, 6) is -2.15. The van der Waals surface area contributed by atoms with Crippen LogP contribution in [-0.4, -0.2) is 4.92 Å². The first-order chi connectivity index (χ1) is 8.90. The van der Waals surface area contributed by atoms with Gasteiger partial charge in [-0.05, 0) is 17.7 Å². The highest BCUT2D eigenvalue weighted by Crippen LogP contribution is 2.33. The quantitative estimate of drug-likeness (QED) is 0.588. The van der Waals surface area contributed by atoms with E-state index in [-0.39, 0.29) is 21.2 Å². The van der Waals surface area contributed by atoms with Crippen LogP contribution in [-0.2, 0) is 0 Å². The number of hydrogen-bond acceptors (Lipinski definition) is 2. The Hall–Kier alpha value is -1.72. The molecule has 0 atom stereocenters. The van der Waals surface area contributed by atoms with Crippen LogP contribution in [0.3, 0.4) is 0 Å². The van der Waals surface area contributed by atoms with Crippen molar-refractivity contribution in [3.05, 3.63) is 62.1 Å². The van der Waals surface area contributed by atoms with Gasteiger partial charge in [0.05, 0.1) is 15.0 Å². The first kappa shape index (κ1) is 13.7. The molecule has 0 aliphatic heterocycles. The van der Waals surface area contributed by atoms with E-state index in [9.17, 15) is 18.9 Å². The maximum Gasteiger partial charge on any atom is 0.305 e. The minimum atomic E-state index is -1.23. The predicted octanol–water partition coefficient (Wildman–Crippen LogP) is 4.85. The lowest BCUT2D eigenvalue weighted by Gasteiger charge is -2.05. The third kappa shape index (κ3) is 2.67. The SMILES string of the molecule is O=[N+]([O-])c1cc(-c2ccc(Cl)c(Cl)c2)c(F)cc1F. The molecule has 0 saturated carbocycles. The zero-order valence-corrected chi connectivity index (χ0v) is 10.7. The van der Waals surface area contributed by atoms with Gasteiger partial charge in [0.2, 0.25) is 5.82 Å². The van der Waals surface area contributed by atoms with Gasteiger partial charge in [0.1, 0.15) is 5.82 Å². The van der Waals surface area contributed by atoms with Crippen LogP contribution in [0.2, 0.25) is 10.0 Å². The molecule has 3 nitrogen and oxygen atoms in total. The van der Waals surface area contributed by atoms with Crippen LogP contribution in [0.5, 0.6) is 0 Å². The molecule has 98 valence electrons. The summed E-state index contributed by atoms with van der Waals surface area (Å²) in [6.45, 7) is 0. The fraction of sp³-hybridized carbons (Fsp3) is 0. The van der Waals surface area contributed by atoms with E-state index < -0.39 is 22.2 Å². The van der Waals surface area contributed by atoms with Crippen molar-refractivity contribution in [2.45, 2.75) is 0 Å². The molecule has 19 heavy (non-hydrogen) atoms. The minimum absolute atomic E-state index is 0.119. The summed E-state index contributed by atoms with van der Waals surface area (Å²) in [6.07, 6.45) is 0. The third-order valence-corrected chi connectivity index (χ3v) is 3.20. The molecule has 0 N–H and O–H groups in total. The highest BCUT2D eigenvalue weighted by Gasteiger charge is 2.19. The maximum absolute atomic E-state index is 13.7. The average Bonchev–Trinajstić information content (AvgIpc) is 2.32. The summed E-state index contributed by atoms with van der Waals surface area (Å²) in [5.41, 5.74) is -0.649. The van der Waals surface area contributed by atoms with Gasteiger partial charge in [-0.1, -0.05) is 29.3 Å². The molecule has 7 heteroatoms. The van der Waals surface area contributed by atoms with Crippen LogP contribution in [0, 0.1) is 21.7 Å². The molecule has 2 aromatic carbocycles. The van der Waals surface area contributed by atoms with Crippen LogP contribution in [0.25, 0.3) is 11.1 Å². The Bertz CT molecular complexity index is 677. The maximum atomic E-state index is 13.7. The van der Waals surface area contributed by atoms with E-state index in [1.165, 1.54) is 18.2 Å². The van der Waals surface area contributed by atoms with Gasteiger partial charge in [0.25, 0.3) is 0 Å². The standard InChI is InChI=1S/C12H5Cl2F2NO2/c13-8-2-1-6(3-9(8)14)7-4-12(17(18)19)11(16)5-10(7)15/h1-5H. The van der Waals surface area contributed by atoms with Gasteiger partial charge in [0, 0.05) is 17.7 Å². The van der Waals surface area contributed by atoms with Gasteiger partial charge < -0.3 is 0 Å². The number of hydrogen-bond donors (Lipinski definition) is 0. The van der Waals surface area contributed by atoms with Crippen molar-refractivity contribution in [3.8, 4) is 11.1 Å². The molecule has 2 rings (SSSR count). The van der Waals surface area contributed by atoms with Crippen LogP contribution in [0.1, 0.15) is 0 Å². The van der Waals surface area contributed by atoms with E-state index in [4.69, 9.17) is 23.2 Å². The highest BCUT2D eigenvalue weighted by molar-refractivity contribution is 6.42. The average molecular weight is 304 g/mol. The van der Waals surface area contributed by atoms with E-state index >= 15 is 0 Å². The first-order valence-corrected chi connectivity index (χ1v) is 5.74. The van der Waals surface area contributed by atoms with Crippen LogP contribution < -0.4 is 0 Å². The monoisotopic (exact) mass is 303 g/mol. The van der Waals surface area contributed by atoms with Crippen molar-refractivity contribution in [3.63, 3.8) is 0 Å². The van der Waals surface area contributed by atoms with Crippen molar-refractivity contribution >= 4 is 28.9 Å². The molecule has 0 aliphatic rings. The van der Waals surface area contributed by atoms with Gasteiger partial charge in [-0.25, -0.2) is 4.39 Å². The van der Waals surface area contributed by atoms with Gasteiger partial charge in [-0.2, -0.15) is 4.39 Å². The Morgan fingerprint density at radius 1 is 1.00 bits per heavy atom. The van der Waals surface area contributed by atoms with Crippen molar-refractivity contribution in [2.24, 2.45) is 0 Å². The Morgan fingerprint density at radius 3 is 2.26 bits per heavy atom. The zero-order valence-electron chi connectivity index (χ0n) is 9.16. The summed E-state index contributed by atoms with van der Waals surface area (Å²) in [5, 5.41) is 11.1. The molecule has 0 saturated heterocycles. The minimum Gasteiger partial charge on any atom is -0.258 e. The molecule has 2 aromatic rings. The third-order valence-electron chi connectivity index (χ3n) is 2.46. The number of nitro groups is 1. The molecule has 0 bridgehead atoms. The van der Waals surface area contributed by atoms with Crippen molar-refractivity contribution in [2.75, 3.05) is 0 Å². The van der Waals surface area contributed by atoms with Crippen LogP contribution in [0.4, 0.5) is 14.5 Å². The van der Waals surface area contributed by atoms with Gasteiger partial charge >= 0.3 is 5.69 Å². The lowest BCUT2D eigenvalue weighted by molar-refractivity contribution is -0.387. The molecule has 0 radical (unpaired) electrons. The molecular formula is C12H5Cl2F2NO2. The van der Waals surface area contributed by atoms with E-state index in [2.05, 4.69) is 0 Å². The number of halogens is 4. The number of nitrogens with zero attached hydrogens (tertiary/aromatic N) is 1. The molecule has 0 amide bonds. The first-order valence-electron chi connectivity index (χ1n) is 4.99.